The van der Waals surface area contributed by atoms with Crippen LogP contribution in [0.1, 0.15) is 49.8 Å². The molecule has 0 saturated carbocycles. The largest absolute Gasteiger partial charge is 0.480 e. The quantitative estimate of drug-likeness (QED) is 0.737. The van der Waals surface area contributed by atoms with Crippen LogP contribution < -0.4 is 5.32 Å². The van der Waals surface area contributed by atoms with Crippen LogP contribution in [0.5, 0.6) is 0 Å². The molecule has 0 spiro atoms. The summed E-state index contributed by atoms with van der Waals surface area (Å²) < 4.78 is 5.31. The average molecular weight is 357 g/mol. The lowest BCUT2D eigenvalue weighted by atomic mass is 9.96. The van der Waals surface area contributed by atoms with Gasteiger partial charge in [-0.2, -0.15) is 4.98 Å². The van der Waals surface area contributed by atoms with Gasteiger partial charge in [-0.1, -0.05) is 44.1 Å². The number of carboxylic acid groups (broad SMARTS) is 1. The number of aliphatic carboxylic acids is 1. The first kappa shape index (κ1) is 19.4. The maximum Gasteiger partial charge on any atom is 0.326 e. The third-order valence-corrected chi connectivity index (χ3v) is 3.76. The first-order chi connectivity index (χ1) is 12.2. The molecule has 1 heterocycles. The number of benzene rings is 1. The fourth-order valence-corrected chi connectivity index (χ4v) is 2.28. The molecular weight excluding hydrogens is 334 g/mol. The average Bonchev–Trinajstić information content (AvgIpc) is 3.08. The molecule has 2 rings (SSSR count). The third-order valence-electron chi connectivity index (χ3n) is 3.76. The van der Waals surface area contributed by atoms with Crippen molar-refractivity contribution in [2.75, 3.05) is 0 Å². The van der Waals surface area contributed by atoms with Gasteiger partial charge < -0.3 is 14.9 Å². The van der Waals surface area contributed by atoms with Crippen molar-refractivity contribution in [3.8, 4) is 11.5 Å². The highest BCUT2D eigenvalue weighted by Gasteiger charge is 2.25. The van der Waals surface area contributed by atoms with Gasteiger partial charge in [0.2, 0.25) is 0 Å². The Labute approximate surface area is 152 Å². The van der Waals surface area contributed by atoms with Crippen LogP contribution >= 0.6 is 0 Å². The van der Waals surface area contributed by atoms with Crippen LogP contribution in [0.15, 0.2) is 41.4 Å². The van der Waals surface area contributed by atoms with Gasteiger partial charge in [0.25, 0.3) is 11.8 Å². The highest BCUT2D eigenvalue weighted by atomic mass is 16.5. The van der Waals surface area contributed by atoms with E-state index in [4.69, 9.17) is 4.52 Å². The van der Waals surface area contributed by atoms with Crippen LogP contribution in [0.2, 0.25) is 0 Å². The van der Waals surface area contributed by atoms with Crippen molar-refractivity contribution >= 4 is 11.9 Å². The van der Waals surface area contributed by atoms with Crippen molar-refractivity contribution in [1.29, 1.82) is 0 Å². The number of hydrogen-bond acceptors (Lipinski definition) is 5. The number of aromatic nitrogens is 2. The second-order valence-electron chi connectivity index (χ2n) is 6.95. The Morgan fingerprint density at radius 1 is 1.35 bits per heavy atom. The number of allylic oxidation sites excluding steroid dienone is 1. The lowest BCUT2D eigenvalue weighted by Gasteiger charge is -2.14. The van der Waals surface area contributed by atoms with Crippen molar-refractivity contribution in [2.24, 2.45) is 0 Å². The van der Waals surface area contributed by atoms with Gasteiger partial charge in [0, 0.05) is 5.41 Å². The number of hydrogen-bond donors (Lipinski definition) is 2. The molecule has 0 saturated heterocycles. The Morgan fingerprint density at radius 2 is 2.04 bits per heavy atom. The van der Waals surface area contributed by atoms with Crippen LogP contribution in [0.3, 0.4) is 0 Å². The molecule has 0 radical (unpaired) electrons. The topological polar surface area (TPSA) is 105 Å². The van der Waals surface area contributed by atoms with Gasteiger partial charge in [0.05, 0.1) is 11.1 Å². The highest BCUT2D eigenvalue weighted by molar-refractivity contribution is 6.01. The second kappa shape index (κ2) is 7.95. The van der Waals surface area contributed by atoms with Gasteiger partial charge >= 0.3 is 5.97 Å². The van der Waals surface area contributed by atoms with Crippen molar-refractivity contribution in [2.45, 2.75) is 45.1 Å². The number of carbonyl (C=O) groups is 2. The van der Waals surface area contributed by atoms with Gasteiger partial charge in [0.15, 0.2) is 5.82 Å². The van der Waals surface area contributed by atoms with Crippen molar-refractivity contribution in [3.63, 3.8) is 0 Å². The fraction of sp³-hybridized carbons (Fsp3) is 0.368. The van der Waals surface area contributed by atoms with E-state index in [0.717, 1.165) is 0 Å². The van der Waals surface area contributed by atoms with E-state index in [1.165, 1.54) is 0 Å². The number of nitrogens with zero attached hydrogens (tertiary/aromatic N) is 2. The second-order valence-corrected chi connectivity index (χ2v) is 6.95. The first-order valence-corrected chi connectivity index (χ1v) is 8.32. The fourth-order valence-electron chi connectivity index (χ4n) is 2.28. The first-order valence-electron chi connectivity index (χ1n) is 8.32. The number of carbonyl (C=O) groups excluding carboxylic acids is 1. The zero-order chi connectivity index (χ0) is 19.3. The molecule has 7 nitrogen and oxygen atoms in total. The summed E-state index contributed by atoms with van der Waals surface area (Å²) in [4.78, 5) is 28.4. The smallest absolute Gasteiger partial charge is 0.326 e. The standard InChI is InChI=1S/C19H23N3O4/c1-5-6-11-14(17(24)25)20-15(23)12-9-7-8-10-13(12)16-21-18(22-26-16)19(2,3)4/h5,7-10,14H,1,6,11H2,2-4H3,(H,20,23)(H,24,25). The molecule has 0 aliphatic heterocycles. The Morgan fingerprint density at radius 3 is 2.62 bits per heavy atom. The molecule has 26 heavy (non-hydrogen) atoms. The third kappa shape index (κ3) is 4.56. The van der Waals surface area contributed by atoms with E-state index in [9.17, 15) is 14.7 Å². The summed E-state index contributed by atoms with van der Waals surface area (Å²) in [6.07, 6.45) is 2.36. The van der Waals surface area contributed by atoms with Crippen molar-refractivity contribution in [1.82, 2.24) is 15.5 Å². The molecule has 1 amide bonds. The molecule has 7 heteroatoms. The number of nitrogens with one attached hydrogen (secondary N) is 1. The van der Waals surface area contributed by atoms with Crippen molar-refractivity contribution < 1.29 is 19.2 Å². The van der Waals surface area contributed by atoms with Gasteiger partial charge in [0.1, 0.15) is 6.04 Å². The Hall–Kier alpha value is -2.96. The lowest BCUT2D eigenvalue weighted by molar-refractivity contribution is -0.139. The van der Waals surface area contributed by atoms with Crippen LogP contribution in [0.4, 0.5) is 0 Å². The van der Waals surface area contributed by atoms with Crippen LogP contribution in [0, 0.1) is 0 Å². The molecule has 0 bridgehead atoms. The predicted molar refractivity (Wildman–Crippen MR) is 96.8 cm³/mol. The van der Waals surface area contributed by atoms with E-state index in [1.54, 1.807) is 30.3 Å². The summed E-state index contributed by atoms with van der Waals surface area (Å²) in [5, 5.41) is 15.8. The van der Waals surface area contributed by atoms with Gasteiger partial charge in [-0.3, -0.25) is 4.79 Å². The molecule has 1 aromatic carbocycles. The van der Waals surface area contributed by atoms with E-state index >= 15 is 0 Å². The zero-order valence-corrected chi connectivity index (χ0v) is 15.2. The van der Waals surface area contributed by atoms with E-state index in [1.807, 2.05) is 20.8 Å². The number of rotatable bonds is 7. The van der Waals surface area contributed by atoms with E-state index in [-0.39, 0.29) is 23.3 Å². The van der Waals surface area contributed by atoms with Gasteiger partial charge in [-0.15, -0.1) is 6.58 Å². The summed E-state index contributed by atoms with van der Waals surface area (Å²) in [6, 6.07) is 5.73. The van der Waals surface area contributed by atoms with Crippen LogP contribution in [0.25, 0.3) is 11.5 Å². The highest BCUT2D eigenvalue weighted by Crippen LogP contribution is 2.26. The molecule has 1 atom stereocenters. The molecule has 2 N–H and O–H groups in total. The van der Waals surface area contributed by atoms with E-state index < -0.39 is 17.9 Å². The van der Waals surface area contributed by atoms with Crippen LogP contribution in [-0.4, -0.2) is 33.2 Å². The molecule has 2 aromatic rings. The molecule has 1 aromatic heterocycles. The minimum atomic E-state index is -1.09. The Balaban J connectivity index is 2.30. The van der Waals surface area contributed by atoms with Gasteiger partial charge in [-0.25, -0.2) is 4.79 Å². The van der Waals surface area contributed by atoms with E-state index in [2.05, 4.69) is 22.0 Å². The number of amides is 1. The van der Waals surface area contributed by atoms with E-state index in [0.29, 0.717) is 17.8 Å². The molecular formula is C19H23N3O4. The summed E-state index contributed by atoms with van der Waals surface area (Å²) in [6.45, 7) is 9.44. The van der Waals surface area contributed by atoms with Crippen molar-refractivity contribution in [3.05, 3.63) is 48.3 Å². The monoisotopic (exact) mass is 357 g/mol. The molecule has 0 fully saturated rings. The summed E-state index contributed by atoms with van der Waals surface area (Å²) in [7, 11) is 0. The molecule has 0 aliphatic carbocycles. The minimum absolute atomic E-state index is 0.221. The SMILES string of the molecule is C=CCCC(NC(=O)c1ccccc1-c1nc(C(C)(C)C)no1)C(=O)O. The Kier molecular flexibility index (Phi) is 5.92. The maximum atomic E-state index is 12.6. The summed E-state index contributed by atoms with van der Waals surface area (Å²) in [5.41, 5.74) is 0.445. The molecule has 1 unspecified atom stereocenters. The lowest BCUT2D eigenvalue weighted by Crippen LogP contribution is -2.40. The zero-order valence-electron chi connectivity index (χ0n) is 15.2. The predicted octanol–water partition coefficient (Wildman–Crippen LogP) is 3.18. The van der Waals surface area contributed by atoms with Crippen LogP contribution in [-0.2, 0) is 10.2 Å². The number of carboxylic acids is 1. The van der Waals surface area contributed by atoms with Gasteiger partial charge in [-0.05, 0) is 25.0 Å². The minimum Gasteiger partial charge on any atom is -0.480 e. The normalized spacial score (nSPS) is 12.4. The molecule has 138 valence electrons. The summed E-state index contributed by atoms with van der Waals surface area (Å²) >= 11 is 0. The Bertz CT molecular complexity index is 805. The summed E-state index contributed by atoms with van der Waals surface area (Å²) in [5.74, 6) is -0.853. The maximum absolute atomic E-state index is 12.6. The molecule has 0 aliphatic rings.